The fraction of sp³-hybridized carbons (Fsp3) is 0.348. The Kier molecular flexibility index (Phi) is 5.64. The van der Waals surface area contributed by atoms with Crippen molar-refractivity contribution in [3.05, 3.63) is 54.4 Å². The second kappa shape index (κ2) is 8.89. The summed E-state index contributed by atoms with van der Waals surface area (Å²) in [6, 6.07) is 7.77. The lowest BCUT2D eigenvalue weighted by Crippen LogP contribution is -2.06. The van der Waals surface area contributed by atoms with Gasteiger partial charge in [0.05, 0.1) is 32.0 Å². The van der Waals surface area contributed by atoms with Gasteiger partial charge in [0.2, 0.25) is 11.7 Å². The highest BCUT2D eigenvalue weighted by atomic mass is 16.5. The fourth-order valence-electron chi connectivity index (χ4n) is 3.63. The van der Waals surface area contributed by atoms with E-state index in [-0.39, 0.29) is 0 Å². The van der Waals surface area contributed by atoms with E-state index in [1.54, 1.807) is 25.7 Å². The fourth-order valence-corrected chi connectivity index (χ4v) is 3.63. The molecule has 10 heteroatoms. The lowest BCUT2D eigenvalue weighted by molar-refractivity contribution is 0.285. The van der Waals surface area contributed by atoms with Crippen LogP contribution in [-0.2, 0) is 6.54 Å². The first-order chi connectivity index (χ1) is 16.1. The van der Waals surface area contributed by atoms with E-state index in [2.05, 4.69) is 35.3 Å². The molecule has 1 saturated carbocycles. The van der Waals surface area contributed by atoms with Crippen LogP contribution in [0.2, 0.25) is 0 Å². The number of hydrogen-bond acceptors (Lipinski definition) is 9. The van der Waals surface area contributed by atoms with E-state index in [4.69, 9.17) is 9.47 Å². The molecule has 0 aromatic carbocycles. The van der Waals surface area contributed by atoms with E-state index in [1.165, 1.54) is 4.80 Å². The predicted octanol–water partition coefficient (Wildman–Crippen LogP) is 3.11. The van der Waals surface area contributed by atoms with E-state index in [1.807, 2.05) is 38.1 Å². The van der Waals surface area contributed by atoms with Crippen LogP contribution < -0.4 is 9.47 Å². The van der Waals surface area contributed by atoms with E-state index < -0.39 is 0 Å². The van der Waals surface area contributed by atoms with Crippen molar-refractivity contribution in [3.63, 3.8) is 0 Å². The zero-order valence-corrected chi connectivity index (χ0v) is 18.7. The van der Waals surface area contributed by atoms with Crippen LogP contribution in [0.1, 0.15) is 30.8 Å². The molecular weight excluding hydrogens is 420 g/mol. The van der Waals surface area contributed by atoms with Crippen LogP contribution in [0.3, 0.4) is 0 Å². The average molecular weight is 444 g/mol. The van der Waals surface area contributed by atoms with Gasteiger partial charge in [-0.15, -0.1) is 10.2 Å². The van der Waals surface area contributed by atoms with Crippen LogP contribution in [0.15, 0.2) is 42.9 Å². The van der Waals surface area contributed by atoms with Gasteiger partial charge in [0, 0.05) is 35.5 Å². The SMILES string of the molecule is CCn1nnc(-c2ccc(-c3cnc(C)nc3OC[C@@H]3C[C@H]3c3ccc(OC)cn3)cn2)n1. The molecule has 1 aliphatic carbocycles. The number of rotatable bonds is 8. The molecule has 1 fully saturated rings. The minimum Gasteiger partial charge on any atom is -0.495 e. The zero-order valence-electron chi connectivity index (χ0n) is 18.7. The molecule has 0 radical (unpaired) electrons. The van der Waals surface area contributed by atoms with Gasteiger partial charge in [-0.1, -0.05) is 6.07 Å². The second-order valence-corrected chi connectivity index (χ2v) is 7.91. The Morgan fingerprint density at radius 3 is 2.67 bits per heavy atom. The van der Waals surface area contributed by atoms with Crippen molar-refractivity contribution < 1.29 is 9.47 Å². The summed E-state index contributed by atoms with van der Waals surface area (Å²) in [5.41, 5.74) is 3.38. The topological polar surface area (TPSA) is 114 Å². The Balaban J connectivity index is 1.29. The molecule has 33 heavy (non-hydrogen) atoms. The minimum absolute atomic E-state index is 0.396. The van der Waals surface area contributed by atoms with Crippen molar-refractivity contribution >= 4 is 0 Å². The van der Waals surface area contributed by atoms with Gasteiger partial charge >= 0.3 is 0 Å². The maximum absolute atomic E-state index is 6.16. The number of hydrogen-bond donors (Lipinski definition) is 0. The van der Waals surface area contributed by atoms with Crippen LogP contribution in [0.5, 0.6) is 11.6 Å². The normalized spacial score (nSPS) is 17.1. The predicted molar refractivity (Wildman–Crippen MR) is 120 cm³/mol. The van der Waals surface area contributed by atoms with Crippen LogP contribution in [0.25, 0.3) is 22.6 Å². The molecule has 0 saturated heterocycles. The molecule has 0 N–H and O–H groups in total. The number of methoxy groups -OCH3 is 1. The Morgan fingerprint density at radius 2 is 1.97 bits per heavy atom. The van der Waals surface area contributed by atoms with Crippen LogP contribution in [0.4, 0.5) is 0 Å². The average Bonchev–Trinajstić information content (AvgIpc) is 3.48. The molecule has 2 atom stereocenters. The van der Waals surface area contributed by atoms with Gasteiger partial charge in [-0.3, -0.25) is 9.97 Å². The largest absolute Gasteiger partial charge is 0.495 e. The van der Waals surface area contributed by atoms with Crippen molar-refractivity contribution in [3.8, 4) is 34.3 Å². The van der Waals surface area contributed by atoms with Gasteiger partial charge in [-0.05, 0) is 43.7 Å². The van der Waals surface area contributed by atoms with Gasteiger partial charge in [0.1, 0.15) is 17.3 Å². The molecule has 0 unspecified atom stereocenters. The van der Waals surface area contributed by atoms with E-state index in [0.29, 0.717) is 48.2 Å². The molecule has 4 aromatic rings. The molecule has 5 rings (SSSR count). The number of aromatic nitrogens is 8. The smallest absolute Gasteiger partial charge is 0.224 e. The molecule has 0 aliphatic heterocycles. The summed E-state index contributed by atoms with van der Waals surface area (Å²) >= 11 is 0. The summed E-state index contributed by atoms with van der Waals surface area (Å²) in [5, 5.41) is 12.3. The first-order valence-corrected chi connectivity index (χ1v) is 10.9. The van der Waals surface area contributed by atoms with Crippen molar-refractivity contribution in [1.82, 2.24) is 40.1 Å². The molecule has 0 bridgehead atoms. The summed E-state index contributed by atoms with van der Waals surface area (Å²) in [7, 11) is 1.64. The molecule has 10 nitrogen and oxygen atoms in total. The maximum Gasteiger partial charge on any atom is 0.224 e. The molecule has 4 heterocycles. The summed E-state index contributed by atoms with van der Waals surface area (Å²) in [4.78, 5) is 19.4. The highest BCUT2D eigenvalue weighted by Crippen LogP contribution is 2.47. The minimum atomic E-state index is 0.396. The quantitative estimate of drug-likeness (QED) is 0.404. The summed E-state index contributed by atoms with van der Waals surface area (Å²) < 4.78 is 11.3. The molecule has 4 aromatic heterocycles. The number of tetrazole rings is 1. The molecular formula is C23H24N8O2. The number of ether oxygens (including phenoxy) is 2. The Morgan fingerprint density at radius 1 is 1.06 bits per heavy atom. The lowest BCUT2D eigenvalue weighted by Gasteiger charge is -2.11. The monoisotopic (exact) mass is 444 g/mol. The molecule has 1 aliphatic rings. The summed E-state index contributed by atoms with van der Waals surface area (Å²) in [6.07, 6.45) is 6.33. The highest BCUT2D eigenvalue weighted by molar-refractivity contribution is 5.68. The van der Waals surface area contributed by atoms with Crippen molar-refractivity contribution in [1.29, 1.82) is 0 Å². The van der Waals surface area contributed by atoms with Gasteiger partial charge in [0.25, 0.3) is 0 Å². The lowest BCUT2D eigenvalue weighted by atomic mass is 10.1. The number of pyridine rings is 2. The molecule has 168 valence electrons. The first kappa shape index (κ1) is 20.9. The molecule has 0 amide bonds. The van der Waals surface area contributed by atoms with Crippen LogP contribution >= 0.6 is 0 Å². The van der Waals surface area contributed by atoms with Crippen molar-refractivity contribution in [2.45, 2.75) is 32.7 Å². The first-order valence-electron chi connectivity index (χ1n) is 10.9. The van der Waals surface area contributed by atoms with Crippen LogP contribution in [-0.4, -0.2) is 53.9 Å². The van der Waals surface area contributed by atoms with Crippen molar-refractivity contribution in [2.75, 3.05) is 13.7 Å². The van der Waals surface area contributed by atoms with Gasteiger partial charge in [0.15, 0.2) is 0 Å². The Labute approximate surface area is 191 Å². The summed E-state index contributed by atoms with van der Waals surface area (Å²) in [6.45, 7) is 5.03. The van der Waals surface area contributed by atoms with E-state index >= 15 is 0 Å². The Bertz CT molecular complexity index is 1240. The molecule has 0 spiro atoms. The van der Waals surface area contributed by atoms with Crippen LogP contribution in [0, 0.1) is 12.8 Å². The second-order valence-electron chi connectivity index (χ2n) is 7.91. The van der Waals surface area contributed by atoms with E-state index in [9.17, 15) is 0 Å². The third-order valence-corrected chi connectivity index (χ3v) is 5.65. The van der Waals surface area contributed by atoms with Crippen molar-refractivity contribution in [2.24, 2.45) is 5.92 Å². The summed E-state index contributed by atoms with van der Waals surface area (Å²) in [5.74, 6) is 3.27. The highest BCUT2D eigenvalue weighted by Gasteiger charge is 2.40. The number of aryl methyl sites for hydroxylation is 2. The third-order valence-electron chi connectivity index (χ3n) is 5.65. The number of nitrogens with zero attached hydrogens (tertiary/aromatic N) is 8. The maximum atomic E-state index is 6.16. The zero-order chi connectivity index (χ0) is 22.8. The third kappa shape index (κ3) is 4.50. The van der Waals surface area contributed by atoms with Gasteiger partial charge in [-0.2, -0.15) is 9.78 Å². The van der Waals surface area contributed by atoms with E-state index in [0.717, 1.165) is 29.0 Å². The van der Waals surface area contributed by atoms with Gasteiger partial charge in [-0.25, -0.2) is 4.98 Å². The van der Waals surface area contributed by atoms with Gasteiger partial charge < -0.3 is 9.47 Å². The Hall–Kier alpha value is -3.95. The standard InChI is InChI=1S/C23H24N8O2/c1-4-31-29-22(28-30-31)21-7-5-15(10-25-21)19-12-24-14(2)27-23(19)33-13-16-9-18(16)20-8-6-17(32-3)11-26-20/h5-8,10-12,16,18H,4,9,13H2,1-3H3/t16-,18+/m0/s1.